The van der Waals surface area contributed by atoms with E-state index >= 15 is 0 Å². The largest absolute Gasteiger partial charge is 0.385 e. The Labute approximate surface area is 170 Å². The third-order valence-corrected chi connectivity index (χ3v) is 6.23. The Kier molecular flexibility index (Phi) is 5.36. The highest BCUT2D eigenvalue weighted by Gasteiger charge is 2.49. The molecule has 28 heavy (non-hydrogen) atoms. The van der Waals surface area contributed by atoms with Gasteiger partial charge in [0.05, 0.1) is 6.04 Å². The molecule has 0 amide bonds. The number of hydrogen-bond acceptors (Lipinski definition) is 6. The first-order valence-electron chi connectivity index (χ1n) is 10.7. The second kappa shape index (κ2) is 6.86. The van der Waals surface area contributed by atoms with Crippen LogP contribution in [0.4, 0.5) is 0 Å². The maximum Gasteiger partial charge on any atom is 0.199 e. The van der Waals surface area contributed by atoms with E-state index < -0.39 is 12.1 Å². The van der Waals surface area contributed by atoms with Crippen LogP contribution < -0.4 is 16.0 Å². The zero-order valence-corrected chi connectivity index (χ0v) is 18.9. The number of aliphatic hydroxyl groups is 1. The SMILES string of the molecule is CC1(C)CC(N=C2C(=O)C(NC3CC(C)(C)NC(C)(C)C3)C2O)CC(C)(C)N1. The van der Waals surface area contributed by atoms with E-state index in [9.17, 15) is 9.90 Å². The van der Waals surface area contributed by atoms with Crippen LogP contribution >= 0.6 is 0 Å². The summed E-state index contributed by atoms with van der Waals surface area (Å²) in [6.45, 7) is 17.4. The van der Waals surface area contributed by atoms with Gasteiger partial charge < -0.3 is 21.1 Å². The van der Waals surface area contributed by atoms with Crippen LogP contribution in [0.25, 0.3) is 0 Å². The molecule has 2 saturated heterocycles. The van der Waals surface area contributed by atoms with Crippen LogP contribution in [0.2, 0.25) is 0 Å². The first-order valence-corrected chi connectivity index (χ1v) is 10.7. The molecule has 2 heterocycles. The highest BCUT2D eigenvalue weighted by molar-refractivity contribution is 6.50. The Bertz CT molecular complexity index is 633. The maximum atomic E-state index is 12.8. The fraction of sp³-hybridized carbons (Fsp3) is 0.909. The van der Waals surface area contributed by atoms with E-state index in [1.165, 1.54) is 0 Å². The third kappa shape index (κ3) is 4.84. The van der Waals surface area contributed by atoms with Crippen molar-refractivity contribution in [3.63, 3.8) is 0 Å². The molecule has 0 spiro atoms. The summed E-state index contributed by atoms with van der Waals surface area (Å²) < 4.78 is 0. The lowest BCUT2D eigenvalue weighted by Gasteiger charge is -2.49. The Balaban J connectivity index is 1.66. The first kappa shape index (κ1) is 21.9. The molecule has 0 aromatic carbocycles. The molecular formula is C22H40N4O2. The van der Waals surface area contributed by atoms with Crippen molar-refractivity contribution in [1.82, 2.24) is 16.0 Å². The molecule has 0 aromatic heterocycles. The molecule has 160 valence electrons. The molecule has 3 fully saturated rings. The van der Waals surface area contributed by atoms with Crippen molar-refractivity contribution in [2.24, 2.45) is 4.99 Å². The van der Waals surface area contributed by atoms with Gasteiger partial charge in [-0.2, -0.15) is 0 Å². The second-order valence-electron chi connectivity index (χ2n) is 11.9. The van der Waals surface area contributed by atoms with Crippen LogP contribution in [0.3, 0.4) is 0 Å². The van der Waals surface area contributed by atoms with E-state index in [-0.39, 0.29) is 40.0 Å². The molecule has 6 heteroatoms. The van der Waals surface area contributed by atoms with Gasteiger partial charge in [0.1, 0.15) is 17.9 Å². The number of hydrogen-bond donors (Lipinski definition) is 4. The minimum absolute atomic E-state index is 0.000343. The molecule has 1 aliphatic carbocycles. The van der Waals surface area contributed by atoms with Crippen LogP contribution in [0.1, 0.15) is 81.1 Å². The molecule has 6 nitrogen and oxygen atoms in total. The van der Waals surface area contributed by atoms with Gasteiger partial charge in [-0.1, -0.05) is 0 Å². The lowest BCUT2D eigenvalue weighted by molar-refractivity contribution is -0.121. The van der Waals surface area contributed by atoms with Gasteiger partial charge in [-0.15, -0.1) is 0 Å². The van der Waals surface area contributed by atoms with Gasteiger partial charge in [0.15, 0.2) is 5.78 Å². The zero-order valence-electron chi connectivity index (χ0n) is 18.9. The molecule has 1 saturated carbocycles. The molecule has 3 aliphatic rings. The number of aliphatic hydroxyl groups excluding tert-OH is 1. The van der Waals surface area contributed by atoms with Crippen molar-refractivity contribution in [3.8, 4) is 0 Å². The molecular weight excluding hydrogens is 352 g/mol. The quantitative estimate of drug-likeness (QED) is 0.590. The second-order valence-corrected chi connectivity index (χ2v) is 11.9. The number of piperidine rings is 2. The molecule has 0 bridgehead atoms. The summed E-state index contributed by atoms with van der Waals surface area (Å²) in [4.78, 5) is 17.5. The number of carbonyl (C=O) groups excluding carboxylic acids is 1. The smallest absolute Gasteiger partial charge is 0.199 e. The van der Waals surface area contributed by atoms with Gasteiger partial charge in [-0.05, 0) is 81.1 Å². The summed E-state index contributed by atoms with van der Waals surface area (Å²) in [6, 6.07) is -0.248. The normalized spacial score (nSPS) is 36.3. The van der Waals surface area contributed by atoms with Crippen LogP contribution in [0, 0.1) is 0 Å². The number of aliphatic imine (C=N–C) groups is 1. The monoisotopic (exact) mass is 392 g/mol. The number of carbonyl (C=O) groups is 1. The predicted octanol–water partition coefficient (Wildman–Crippen LogP) is 1.95. The van der Waals surface area contributed by atoms with Crippen LogP contribution in [0.5, 0.6) is 0 Å². The van der Waals surface area contributed by atoms with Gasteiger partial charge in [-0.3, -0.25) is 9.79 Å². The molecule has 0 aromatic rings. The lowest BCUT2D eigenvalue weighted by atomic mass is 9.76. The molecule has 2 unspecified atom stereocenters. The van der Waals surface area contributed by atoms with E-state index in [4.69, 9.17) is 4.99 Å². The highest BCUT2D eigenvalue weighted by Crippen LogP contribution is 2.33. The minimum atomic E-state index is -0.797. The number of ketones is 1. The molecule has 2 atom stereocenters. The molecule has 2 aliphatic heterocycles. The van der Waals surface area contributed by atoms with Crippen molar-refractivity contribution >= 4 is 11.5 Å². The molecule has 4 N–H and O–H groups in total. The van der Waals surface area contributed by atoms with Gasteiger partial charge >= 0.3 is 0 Å². The standard InChI is InChI=1S/C22H40N4O2/c1-19(2)9-13(10-20(3,4)25-19)23-15-17(27)16(18(15)28)24-14-11-21(5,6)26-22(7,8)12-14/h13-15,17,23,25-27H,9-12H2,1-8H3. The van der Waals surface area contributed by atoms with Gasteiger partial charge in [0.25, 0.3) is 0 Å². The van der Waals surface area contributed by atoms with E-state index in [0.717, 1.165) is 25.7 Å². The van der Waals surface area contributed by atoms with Crippen LogP contribution in [-0.4, -0.2) is 63.0 Å². The minimum Gasteiger partial charge on any atom is -0.385 e. The number of rotatable bonds is 3. The topological polar surface area (TPSA) is 85.8 Å². The van der Waals surface area contributed by atoms with E-state index in [1.54, 1.807) is 0 Å². The lowest BCUT2D eigenvalue weighted by Crippen LogP contribution is -2.70. The van der Waals surface area contributed by atoms with Gasteiger partial charge in [0.2, 0.25) is 0 Å². The Morgan fingerprint density at radius 3 is 1.71 bits per heavy atom. The summed E-state index contributed by atoms with van der Waals surface area (Å²) in [7, 11) is 0. The van der Waals surface area contributed by atoms with Gasteiger partial charge in [0, 0.05) is 28.2 Å². The molecule has 0 radical (unpaired) electrons. The first-order chi connectivity index (χ1) is 12.6. The summed E-state index contributed by atoms with van der Waals surface area (Å²) in [5.41, 5.74) is 0.306. The fourth-order valence-electron chi connectivity index (χ4n) is 6.07. The molecule has 3 rings (SSSR count). The Hall–Kier alpha value is -0.820. The van der Waals surface area contributed by atoms with Crippen LogP contribution in [0.15, 0.2) is 4.99 Å². The van der Waals surface area contributed by atoms with Crippen molar-refractivity contribution in [2.45, 2.75) is 127 Å². The van der Waals surface area contributed by atoms with Crippen molar-refractivity contribution < 1.29 is 9.90 Å². The summed E-state index contributed by atoms with van der Waals surface area (Å²) >= 11 is 0. The predicted molar refractivity (Wildman–Crippen MR) is 114 cm³/mol. The van der Waals surface area contributed by atoms with Crippen molar-refractivity contribution in [1.29, 1.82) is 0 Å². The van der Waals surface area contributed by atoms with E-state index in [1.807, 2.05) is 0 Å². The average Bonchev–Trinajstić information content (AvgIpc) is 2.43. The zero-order chi connectivity index (χ0) is 21.1. The van der Waals surface area contributed by atoms with E-state index in [2.05, 4.69) is 71.3 Å². The van der Waals surface area contributed by atoms with Crippen molar-refractivity contribution in [3.05, 3.63) is 0 Å². The summed E-state index contributed by atoms with van der Waals surface area (Å²) in [5.74, 6) is -0.0317. The number of Topliss-reactive ketones (excluding diaryl/α,β-unsaturated/α-hetero) is 1. The fourth-order valence-corrected chi connectivity index (χ4v) is 6.07. The Morgan fingerprint density at radius 1 is 0.857 bits per heavy atom. The van der Waals surface area contributed by atoms with Crippen LogP contribution in [-0.2, 0) is 4.79 Å². The summed E-state index contributed by atoms with van der Waals surface area (Å²) in [6.07, 6.45) is 2.80. The average molecular weight is 393 g/mol. The van der Waals surface area contributed by atoms with Crippen molar-refractivity contribution in [2.75, 3.05) is 0 Å². The van der Waals surface area contributed by atoms with E-state index in [0.29, 0.717) is 5.71 Å². The maximum absolute atomic E-state index is 12.8. The Morgan fingerprint density at radius 2 is 1.29 bits per heavy atom. The number of nitrogens with one attached hydrogen (secondary N) is 3. The highest BCUT2D eigenvalue weighted by atomic mass is 16.3. The summed E-state index contributed by atoms with van der Waals surface area (Å²) in [5, 5.41) is 21.4. The number of nitrogens with zero attached hydrogens (tertiary/aromatic N) is 1. The van der Waals surface area contributed by atoms with Gasteiger partial charge in [-0.25, -0.2) is 0 Å². The third-order valence-electron chi connectivity index (χ3n) is 6.23.